The number of rotatable bonds is 0. The second-order valence-electron chi connectivity index (χ2n) is 4.56. The fraction of sp³-hybridized carbons (Fsp3) is 0.133. The molecule has 0 aliphatic heterocycles. The van der Waals surface area contributed by atoms with E-state index in [1.807, 2.05) is 42.1 Å². The van der Waals surface area contributed by atoms with Crippen molar-refractivity contribution in [2.24, 2.45) is 7.05 Å². The van der Waals surface area contributed by atoms with Crippen LogP contribution in [0.1, 0.15) is 5.56 Å². The van der Waals surface area contributed by atoms with Gasteiger partial charge in [-0.05, 0) is 18.2 Å². The minimum atomic E-state index is -4.32. The zero-order valence-electron chi connectivity index (χ0n) is 10.6. The first-order valence-corrected chi connectivity index (χ1v) is 5.85. The number of benzene rings is 2. The fourth-order valence-electron chi connectivity index (χ4n) is 2.37. The minimum Gasteiger partial charge on any atom is -1.00 e. The predicted molar refractivity (Wildman–Crippen MR) is 67.6 cm³/mol. The number of halogens is 4. The van der Waals surface area contributed by atoms with E-state index in [1.165, 1.54) is 12.1 Å². The minimum absolute atomic E-state index is 0. The maximum Gasteiger partial charge on any atom is 0.416 e. The summed E-state index contributed by atoms with van der Waals surface area (Å²) in [4.78, 5) is 0. The molecule has 0 radical (unpaired) electrons. The van der Waals surface area contributed by atoms with E-state index in [4.69, 9.17) is 0 Å². The average molecular weight is 298 g/mol. The number of nitrogens with zero attached hydrogens (tertiary/aromatic N) is 1. The molecule has 5 heteroatoms. The molecule has 0 aliphatic rings. The first-order valence-electron chi connectivity index (χ1n) is 5.85. The third kappa shape index (κ3) is 2.31. The highest BCUT2D eigenvalue weighted by Gasteiger charge is 2.31. The van der Waals surface area contributed by atoms with Gasteiger partial charge >= 0.3 is 6.18 Å². The van der Waals surface area contributed by atoms with E-state index < -0.39 is 11.7 Å². The summed E-state index contributed by atoms with van der Waals surface area (Å²) in [5.74, 6) is 0. The van der Waals surface area contributed by atoms with Crippen molar-refractivity contribution in [2.75, 3.05) is 0 Å². The van der Waals surface area contributed by atoms with Gasteiger partial charge in [0.25, 0.3) is 0 Å². The number of pyridine rings is 1. The van der Waals surface area contributed by atoms with Crippen LogP contribution in [-0.2, 0) is 13.2 Å². The Morgan fingerprint density at radius 3 is 2.35 bits per heavy atom. The Kier molecular flexibility index (Phi) is 3.61. The van der Waals surface area contributed by atoms with Crippen molar-refractivity contribution < 1.29 is 30.1 Å². The summed E-state index contributed by atoms with van der Waals surface area (Å²) in [6.45, 7) is 0. The van der Waals surface area contributed by atoms with Crippen molar-refractivity contribution in [1.29, 1.82) is 0 Å². The molecule has 0 N–H and O–H groups in total. The second-order valence-corrected chi connectivity index (χ2v) is 4.56. The molecule has 1 aromatic heterocycles. The molecular formula is C15H11ClF3N. The van der Waals surface area contributed by atoms with Crippen LogP contribution >= 0.6 is 0 Å². The lowest BCUT2D eigenvalue weighted by atomic mass is 10.0. The van der Waals surface area contributed by atoms with Crippen LogP contribution in [-0.4, -0.2) is 0 Å². The van der Waals surface area contributed by atoms with Crippen molar-refractivity contribution in [3.63, 3.8) is 0 Å². The molecule has 0 saturated heterocycles. The predicted octanol–water partition coefficient (Wildman–Crippen LogP) is 0.840. The number of alkyl halides is 3. The molecule has 3 rings (SSSR count). The third-order valence-electron chi connectivity index (χ3n) is 3.29. The van der Waals surface area contributed by atoms with Gasteiger partial charge in [0, 0.05) is 16.8 Å². The van der Waals surface area contributed by atoms with Gasteiger partial charge in [0.05, 0.1) is 10.9 Å². The summed E-state index contributed by atoms with van der Waals surface area (Å²) in [5, 5.41) is 2.38. The Morgan fingerprint density at radius 2 is 1.65 bits per heavy atom. The van der Waals surface area contributed by atoms with Crippen LogP contribution in [0.5, 0.6) is 0 Å². The molecule has 0 aliphatic carbocycles. The third-order valence-corrected chi connectivity index (χ3v) is 3.29. The van der Waals surface area contributed by atoms with Crippen LogP contribution in [0.2, 0.25) is 0 Å². The highest BCUT2D eigenvalue weighted by Crippen LogP contribution is 2.32. The van der Waals surface area contributed by atoms with Gasteiger partial charge in [-0.1, -0.05) is 18.2 Å². The number of fused-ring (bicyclic) bond motifs is 3. The maximum absolute atomic E-state index is 12.8. The van der Waals surface area contributed by atoms with Gasteiger partial charge in [-0.3, -0.25) is 0 Å². The summed E-state index contributed by atoms with van der Waals surface area (Å²) < 4.78 is 40.3. The lowest BCUT2D eigenvalue weighted by Gasteiger charge is -2.08. The number of aromatic nitrogens is 1. The summed E-state index contributed by atoms with van der Waals surface area (Å²) in [6.07, 6.45) is -2.39. The molecule has 0 bridgehead atoms. The molecule has 0 spiro atoms. The Bertz CT molecular complexity index is 781. The number of aryl methyl sites for hydroxylation is 1. The van der Waals surface area contributed by atoms with Gasteiger partial charge in [-0.25, -0.2) is 4.57 Å². The van der Waals surface area contributed by atoms with E-state index in [2.05, 4.69) is 0 Å². The van der Waals surface area contributed by atoms with Gasteiger partial charge in [0.2, 0.25) is 5.52 Å². The molecule has 0 unspecified atom stereocenters. The van der Waals surface area contributed by atoms with E-state index in [9.17, 15) is 13.2 Å². The van der Waals surface area contributed by atoms with E-state index >= 15 is 0 Å². The largest absolute Gasteiger partial charge is 1.00 e. The van der Waals surface area contributed by atoms with E-state index in [0.717, 1.165) is 22.4 Å². The van der Waals surface area contributed by atoms with Crippen LogP contribution in [0.25, 0.3) is 21.7 Å². The van der Waals surface area contributed by atoms with Gasteiger partial charge in [-0.2, -0.15) is 13.2 Å². The maximum atomic E-state index is 12.8. The Labute approximate surface area is 120 Å². The summed E-state index contributed by atoms with van der Waals surface area (Å²) >= 11 is 0. The monoisotopic (exact) mass is 297 g/mol. The van der Waals surface area contributed by atoms with Crippen LogP contribution in [0.4, 0.5) is 13.2 Å². The summed E-state index contributed by atoms with van der Waals surface area (Å²) in [6, 6.07) is 11.3. The van der Waals surface area contributed by atoms with Crippen molar-refractivity contribution in [2.45, 2.75) is 6.18 Å². The molecule has 0 saturated carbocycles. The first-order chi connectivity index (χ1) is 8.97. The average Bonchev–Trinajstić information content (AvgIpc) is 2.37. The lowest BCUT2D eigenvalue weighted by molar-refractivity contribution is -0.643. The zero-order valence-corrected chi connectivity index (χ0v) is 11.3. The van der Waals surface area contributed by atoms with Gasteiger partial charge < -0.3 is 12.4 Å². The highest BCUT2D eigenvalue weighted by atomic mass is 35.5. The normalized spacial score (nSPS) is 11.6. The SMILES string of the molecule is C[n+]1cc2ccccc2c2cc(C(F)(F)F)ccc21.[Cl-]. The topological polar surface area (TPSA) is 3.88 Å². The van der Waals surface area contributed by atoms with E-state index in [0.29, 0.717) is 5.39 Å². The molecule has 2 aromatic carbocycles. The van der Waals surface area contributed by atoms with Gasteiger partial charge in [-0.15, -0.1) is 0 Å². The zero-order chi connectivity index (χ0) is 13.6. The van der Waals surface area contributed by atoms with Gasteiger partial charge in [0.1, 0.15) is 7.05 Å². The van der Waals surface area contributed by atoms with Crippen molar-refractivity contribution in [3.05, 3.63) is 54.2 Å². The van der Waals surface area contributed by atoms with Crippen LogP contribution < -0.4 is 17.0 Å². The van der Waals surface area contributed by atoms with Crippen molar-refractivity contribution in [3.8, 4) is 0 Å². The Morgan fingerprint density at radius 1 is 0.950 bits per heavy atom. The molecule has 104 valence electrons. The molecule has 0 fully saturated rings. The van der Waals surface area contributed by atoms with Crippen molar-refractivity contribution in [1.82, 2.24) is 0 Å². The first kappa shape index (κ1) is 14.6. The quantitative estimate of drug-likeness (QED) is 0.428. The molecule has 0 amide bonds. The summed E-state index contributed by atoms with van der Waals surface area (Å²) in [5.41, 5.74) is 0.169. The lowest BCUT2D eigenvalue weighted by Crippen LogP contribution is -3.00. The van der Waals surface area contributed by atoms with Crippen molar-refractivity contribution >= 4 is 21.7 Å². The molecule has 0 atom stereocenters. The highest BCUT2D eigenvalue weighted by molar-refractivity contribution is 6.03. The standard InChI is InChI=1S/C15H11F3N.ClH/c1-19-9-10-4-2-3-5-12(10)13-8-11(15(16,17)18)6-7-14(13)19;/h2-9H,1H3;1H/q+1;/p-1. The molecule has 1 nitrogen and oxygen atoms in total. The number of hydrogen-bond donors (Lipinski definition) is 0. The molecule has 1 heterocycles. The molecule has 20 heavy (non-hydrogen) atoms. The van der Waals surface area contributed by atoms with E-state index in [1.54, 1.807) is 0 Å². The fourth-order valence-corrected chi connectivity index (χ4v) is 2.37. The van der Waals surface area contributed by atoms with Crippen LogP contribution in [0.3, 0.4) is 0 Å². The van der Waals surface area contributed by atoms with Crippen LogP contribution in [0.15, 0.2) is 48.7 Å². The van der Waals surface area contributed by atoms with E-state index in [-0.39, 0.29) is 12.4 Å². The van der Waals surface area contributed by atoms with Crippen LogP contribution in [0, 0.1) is 0 Å². The van der Waals surface area contributed by atoms with Gasteiger partial charge in [0.15, 0.2) is 6.20 Å². The second kappa shape index (κ2) is 4.94. The molecule has 3 aromatic rings. The summed E-state index contributed by atoms with van der Waals surface area (Å²) in [7, 11) is 1.84. The number of hydrogen-bond acceptors (Lipinski definition) is 0. The smallest absolute Gasteiger partial charge is 0.416 e. The Hall–Kier alpha value is -1.81. The Balaban J connectivity index is 0.00000147. The molecular weight excluding hydrogens is 287 g/mol.